The fourth-order valence-electron chi connectivity index (χ4n) is 2.70. The van der Waals surface area contributed by atoms with E-state index in [0.717, 1.165) is 16.3 Å². The smallest absolute Gasteiger partial charge is 0.326 e. The Morgan fingerprint density at radius 1 is 1.09 bits per heavy atom. The Hall–Kier alpha value is -1.95. The van der Waals surface area contributed by atoms with Crippen LogP contribution in [0.4, 0.5) is 0 Å². The molecule has 0 bridgehead atoms. The molecule has 0 fully saturated rings. The van der Waals surface area contributed by atoms with Crippen LogP contribution in [0.25, 0.3) is 10.8 Å². The minimum atomic E-state index is -1.21. The summed E-state index contributed by atoms with van der Waals surface area (Å²) in [6.45, 7) is 0. The first-order chi connectivity index (χ1) is 11.0. The first-order valence-electron chi connectivity index (χ1n) is 7.43. The van der Waals surface area contributed by atoms with E-state index in [4.69, 9.17) is 19.9 Å². The standard InChI is InChI=1S/C18H23NO4/c1-21-16(22-2)12-18(19,17(20)23-3)11-13-8-9-14-6-4-5-7-15(14)10-13/h4-10,16H,11-12,19H2,1-3H3/t18-/m1/s1. The van der Waals surface area contributed by atoms with Crippen LogP contribution in [0.3, 0.4) is 0 Å². The summed E-state index contributed by atoms with van der Waals surface area (Å²) in [5.74, 6) is -0.482. The lowest BCUT2D eigenvalue weighted by molar-refractivity contribution is -0.156. The van der Waals surface area contributed by atoms with E-state index in [1.807, 2.05) is 42.5 Å². The third kappa shape index (κ3) is 4.07. The van der Waals surface area contributed by atoms with Gasteiger partial charge in [-0.25, -0.2) is 0 Å². The van der Waals surface area contributed by atoms with E-state index >= 15 is 0 Å². The molecule has 0 radical (unpaired) electrons. The number of rotatable bonds is 7. The highest BCUT2D eigenvalue weighted by Crippen LogP contribution is 2.23. The molecule has 2 rings (SSSR count). The largest absolute Gasteiger partial charge is 0.468 e. The van der Waals surface area contributed by atoms with Crippen LogP contribution in [0.2, 0.25) is 0 Å². The first kappa shape index (κ1) is 17.4. The summed E-state index contributed by atoms with van der Waals surface area (Å²) in [5, 5.41) is 2.25. The first-order valence-corrected chi connectivity index (χ1v) is 7.43. The highest BCUT2D eigenvalue weighted by molar-refractivity contribution is 5.84. The summed E-state index contributed by atoms with van der Waals surface area (Å²) in [7, 11) is 4.36. The number of fused-ring (bicyclic) bond motifs is 1. The van der Waals surface area contributed by atoms with E-state index in [1.165, 1.54) is 21.3 Å². The quantitative estimate of drug-likeness (QED) is 0.626. The molecule has 0 heterocycles. The fraction of sp³-hybridized carbons (Fsp3) is 0.389. The molecule has 0 saturated heterocycles. The Bertz CT molecular complexity index is 669. The van der Waals surface area contributed by atoms with Gasteiger partial charge in [0.2, 0.25) is 0 Å². The third-order valence-corrected chi connectivity index (χ3v) is 3.98. The maximum atomic E-state index is 12.2. The molecule has 0 spiro atoms. The maximum Gasteiger partial charge on any atom is 0.326 e. The van der Waals surface area contributed by atoms with E-state index in [1.54, 1.807) is 0 Å². The van der Waals surface area contributed by atoms with Gasteiger partial charge in [-0.15, -0.1) is 0 Å². The predicted molar refractivity (Wildman–Crippen MR) is 89.0 cm³/mol. The Morgan fingerprint density at radius 2 is 1.74 bits per heavy atom. The number of hydrogen-bond donors (Lipinski definition) is 1. The highest BCUT2D eigenvalue weighted by Gasteiger charge is 2.38. The van der Waals surface area contributed by atoms with Crippen LogP contribution in [0.1, 0.15) is 12.0 Å². The molecule has 23 heavy (non-hydrogen) atoms. The van der Waals surface area contributed by atoms with E-state index in [9.17, 15) is 4.79 Å². The van der Waals surface area contributed by atoms with Crippen LogP contribution in [0.15, 0.2) is 42.5 Å². The van der Waals surface area contributed by atoms with Crippen molar-refractivity contribution in [1.29, 1.82) is 0 Å². The van der Waals surface area contributed by atoms with Crippen molar-refractivity contribution < 1.29 is 19.0 Å². The highest BCUT2D eigenvalue weighted by atomic mass is 16.7. The summed E-state index contributed by atoms with van der Waals surface area (Å²) in [5.41, 5.74) is 6.09. The van der Waals surface area contributed by atoms with Gasteiger partial charge < -0.3 is 19.9 Å². The van der Waals surface area contributed by atoms with Crippen LogP contribution in [-0.4, -0.2) is 39.1 Å². The van der Waals surface area contributed by atoms with Crippen molar-refractivity contribution in [3.8, 4) is 0 Å². The molecule has 2 aromatic carbocycles. The topological polar surface area (TPSA) is 70.8 Å². The van der Waals surface area contributed by atoms with Gasteiger partial charge >= 0.3 is 5.97 Å². The normalized spacial score (nSPS) is 14.0. The van der Waals surface area contributed by atoms with E-state index in [-0.39, 0.29) is 6.42 Å². The van der Waals surface area contributed by atoms with Crippen LogP contribution >= 0.6 is 0 Å². The molecule has 0 amide bonds. The second-order valence-corrected chi connectivity index (χ2v) is 5.61. The molecule has 2 aromatic rings. The molecule has 5 heteroatoms. The Labute approximate surface area is 136 Å². The number of ether oxygens (including phenoxy) is 3. The monoisotopic (exact) mass is 317 g/mol. The maximum absolute atomic E-state index is 12.2. The molecule has 0 aliphatic heterocycles. The number of esters is 1. The average Bonchev–Trinajstić information content (AvgIpc) is 2.58. The molecule has 2 N–H and O–H groups in total. The van der Waals surface area contributed by atoms with Gasteiger partial charge in [-0.1, -0.05) is 42.5 Å². The SMILES string of the molecule is COC(=O)[C@@](N)(Cc1ccc2ccccc2c1)CC(OC)OC. The van der Waals surface area contributed by atoms with Crippen molar-refractivity contribution in [2.75, 3.05) is 21.3 Å². The number of nitrogens with two attached hydrogens (primary N) is 1. The molecule has 0 aliphatic carbocycles. The molecule has 0 aromatic heterocycles. The second kappa shape index (κ2) is 7.55. The number of methoxy groups -OCH3 is 3. The molecule has 124 valence electrons. The molecule has 5 nitrogen and oxygen atoms in total. The molecule has 1 atom stereocenters. The molecule has 0 unspecified atom stereocenters. The van der Waals surface area contributed by atoms with Gasteiger partial charge in [-0.3, -0.25) is 4.79 Å². The summed E-state index contributed by atoms with van der Waals surface area (Å²) in [6.07, 6.45) is -0.0210. The van der Waals surface area contributed by atoms with Gasteiger partial charge in [0.25, 0.3) is 0 Å². The summed E-state index contributed by atoms with van der Waals surface area (Å²) in [4.78, 5) is 12.2. The average molecular weight is 317 g/mol. The zero-order chi connectivity index (χ0) is 16.9. The predicted octanol–water partition coefficient (Wildman–Crippen LogP) is 2.26. The number of carbonyl (C=O) groups excluding carboxylic acids is 1. The third-order valence-electron chi connectivity index (χ3n) is 3.98. The summed E-state index contributed by atoms with van der Waals surface area (Å²) in [6, 6.07) is 14.1. The number of carbonyl (C=O) groups is 1. The van der Waals surface area contributed by atoms with Crippen LogP contribution in [0, 0.1) is 0 Å². The molecular weight excluding hydrogens is 294 g/mol. The lowest BCUT2D eigenvalue weighted by Gasteiger charge is -2.29. The van der Waals surface area contributed by atoms with Gasteiger partial charge in [-0.05, 0) is 16.3 Å². The fourth-order valence-corrected chi connectivity index (χ4v) is 2.70. The number of benzene rings is 2. The van der Waals surface area contributed by atoms with Crippen LogP contribution in [0.5, 0.6) is 0 Å². The Morgan fingerprint density at radius 3 is 2.35 bits per heavy atom. The zero-order valence-electron chi connectivity index (χ0n) is 13.7. The Balaban J connectivity index is 2.29. The van der Waals surface area contributed by atoms with Crippen molar-refractivity contribution in [2.24, 2.45) is 5.73 Å². The van der Waals surface area contributed by atoms with Crippen LogP contribution < -0.4 is 5.73 Å². The number of hydrogen-bond acceptors (Lipinski definition) is 5. The van der Waals surface area contributed by atoms with E-state index < -0.39 is 17.8 Å². The minimum Gasteiger partial charge on any atom is -0.468 e. The van der Waals surface area contributed by atoms with Gasteiger partial charge in [0.1, 0.15) is 5.54 Å². The van der Waals surface area contributed by atoms with Crippen LogP contribution in [-0.2, 0) is 25.4 Å². The van der Waals surface area contributed by atoms with E-state index in [2.05, 4.69) is 0 Å². The lowest BCUT2D eigenvalue weighted by Crippen LogP contribution is -2.53. The molecule has 0 saturated carbocycles. The zero-order valence-corrected chi connectivity index (χ0v) is 13.7. The van der Waals surface area contributed by atoms with Gasteiger partial charge in [0.15, 0.2) is 6.29 Å². The second-order valence-electron chi connectivity index (χ2n) is 5.61. The Kier molecular flexibility index (Phi) is 5.71. The van der Waals surface area contributed by atoms with Crippen molar-refractivity contribution in [1.82, 2.24) is 0 Å². The van der Waals surface area contributed by atoms with Gasteiger partial charge in [-0.2, -0.15) is 0 Å². The van der Waals surface area contributed by atoms with Gasteiger partial charge in [0, 0.05) is 27.1 Å². The van der Waals surface area contributed by atoms with Crippen molar-refractivity contribution in [3.63, 3.8) is 0 Å². The van der Waals surface area contributed by atoms with Crippen molar-refractivity contribution in [3.05, 3.63) is 48.0 Å². The minimum absolute atomic E-state index is 0.208. The van der Waals surface area contributed by atoms with Crippen molar-refractivity contribution >= 4 is 16.7 Å². The lowest BCUT2D eigenvalue weighted by atomic mass is 9.87. The summed E-state index contributed by atoms with van der Waals surface area (Å²) < 4.78 is 15.3. The summed E-state index contributed by atoms with van der Waals surface area (Å²) >= 11 is 0. The van der Waals surface area contributed by atoms with Crippen molar-refractivity contribution in [2.45, 2.75) is 24.7 Å². The van der Waals surface area contributed by atoms with E-state index in [0.29, 0.717) is 6.42 Å². The molecular formula is C18H23NO4. The van der Waals surface area contributed by atoms with Gasteiger partial charge in [0.05, 0.1) is 7.11 Å². The molecule has 0 aliphatic rings.